The fourth-order valence-corrected chi connectivity index (χ4v) is 3.88. The van der Waals surface area contributed by atoms with Gasteiger partial charge < -0.3 is 4.90 Å². The number of carbonyl (C=O) groups is 1. The predicted molar refractivity (Wildman–Crippen MR) is 112 cm³/mol. The number of rotatable bonds is 6. The van der Waals surface area contributed by atoms with Crippen molar-refractivity contribution in [2.45, 2.75) is 25.5 Å². The van der Waals surface area contributed by atoms with E-state index in [-0.39, 0.29) is 5.91 Å². The van der Waals surface area contributed by atoms with Gasteiger partial charge in [-0.15, -0.1) is 10.2 Å². The summed E-state index contributed by atoms with van der Waals surface area (Å²) < 4.78 is 2.96. The summed E-state index contributed by atoms with van der Waals surface area (Å²) in [6.45, 7) is 4.71. The van der Waals surface area contributed by atoms with Crippen LogP contribution in [0.5, 0.6) is 0 Å². The highest BCUT2D eigenvalue weighted by atomic mass is 79.9. The molecule has 3 aromatic rings. The standard InChI is InChI=1S/C20H21BrN4OS/c1-14-4-9-18(15(2)10-14)25-13-22-23-20(25)27-12-19(26)24(3)11-16-5-7-17(21)8-6-16/h4-10,13H,11-12H2,1-3H3. The van der Waals surface area contributed by atoms with Crippen molar-refractivity contribution in [3.8, 4) is 5.69 Å². The van der Waals surface area contributed by atoms with Crippen molar-refractivity contribution >= 4 is 33.6 Å². The first kappa shape index (κ1) is 19.6. The number of hydrogen-bond donors (Lipinski definition) is 0. The van der Waals surface area contributed by atoms with Gasteiger partial charge >= 0.3 is 0 Å². The molecule has 7 heteroatoms. The van der Waals surface area contributed by atoms with E-state index in [4.69, 9.17) is 0 Å². The summed E-state index contributed by atoms with van der Waals surface area (Å²) in [5.41, 5.74) is 4.49. The second-order valence-electron chi connectivity index (χ2n) is 6.44. The molecular weight excluding hydrogens is 424 g/mol. The van der Waals surface area contributed by atoms with E-state index in [2.05, 4.69) is 58.2 Å². The van der Waals surface area contributed by atoms with E-state index in [9.17, 15) is 4.79 Å². The van der Waals surface area contributed by atoms with Gasteiger partial charge in [-0.05, 0) is 43.2 Å². The molecule has 2 aromatic carbocycles. The molecule has 0 bridgehead atoms. The second kappa shape index (κ2) is 8.71. The molecule has 1 aromatic heterocycles. The van der Waals surface area contributed by atoms with E-state index < -0.39 is 0 Å². The topological polar surface area (TPSA) is 51.0 Å². The normalized spacial score (nSPS) is 10.8. The molecule has 0 N–H and O–H groups in total. The molecule has 0 atom stereocenters. The number of aryl methyl sites for hydroxylation is 2. The Balaban J connectivity index is 1.64. The Morgan fingerprint density at radius 3 is 2.63 bits per heavy atom. The first-order chi connectivity index (χ1) is 12.9. The number of amides is 1. The maximum absolute atomic E-state index is 12.5. The SMILES string of the molecule is Cc1ccc(-n2cnnc2SCC(=O)N(C)Cc2ccc(Br)cc2)c(C)c1. The Bertz CT molecular complexity index is 939. The summed E-state index contributed by atoms with van der Waals surface area (Å²) in [6.07, 6.45) is 1.69. The third-order valence-electron chi connectivity index (χ3n) is 4.21. The molecule has 5 nitrogen and oxygen atoms in total. The third-order valence-corrected chi connectivity index (χ3v) is 5.67. The van der Waals surface area contributed by atoms with Gasteiger partial charge in [0.1, 0.15) is 6.33 Å². The van der Waals surface area contributed by atoms with Crippen molar-refractivity contribution in [1.82, 2.24) is 19.7 Å². The van der Waals surface area contributed by atoms with Crippen LogP contribution in [-0.4, -0.2) is 38.4 Å². The molecule has 0 radical (unpaired) electrons. The van der Waals surface area contributed by atoms with Crippen molar-refractivity contribution in [1.29, 1.82) is 0 Å². The lowest BCUT2D eigenvalue weighted by atomic mass is 10.1. The van der Waals surface area contributed by atoms with E-state index in [1.54, 1.807) is 11.2 Å². The van der Waals surface area contributed by atoms with E-state index in [0.29, 0.717) is 17.5 Å². The van der Waals surface area contributed by atoms with Crippen molar-refractivity contribution in [2.75, 3.05) is 12.8 Å². The van der Waals surface area contributed by atoms with Crippen molar-refractivity contribution < 1.29 is 4.79 Å². The zero-order chi connectivity index (χ0) is 19.4. The summed E-state index contributed by atoms with van der Waals surface area (Å²) in [5.74, 6) is 0.370. The average Bonchev–Trinajstić information content (AvgIpc) is 3.09. The van der Waals surface area contributed by atoms with Crippen LogP contribution in [-0.2, 0) is 11.3 Å². The number of benzene rings is 2. The van der Waals surface area contributed by atoms with Gasteiger partial charge in [0, 0.05) is 18.1 Å². The van der Waals surface area contributed by atoms with Crippen molar-refractivity contribution in [3.63, 3.8) is 0 Å². The van der Waals surface area contributed by atoms with Crippen LogP contribution in [0.2, 0.25) is 0 Å². The van der Waals surface area contributed by atoms with Crippen molar-refractivity contribution in [3.05, 3.63) is 70.0 Å². The summed E-state index contributed by atoms with van der Waals surface area (Å²) in [7, 11) is 1.82. The third kappa shape index (κ3) is 4.99. The lowest BCUT2D eigenvalue weighted by Crippen LogP contribution is -2.27. The van der Waals surface area contributed by atoms with E-state index in [0.717, 1.165) is 21.3 Å². The van der Waals surface area contributed by atoms with Gasteiger partial charge in [0.05, 0.1) is 11.4 Å². The van der Waals surface area contributed by atoms with Crippen molar-refractivity contribution in [2.24, 2.45) is 0 Å². The van der Waals surface area contributed by atoms with Crippen LogP contribution in [0.4, 0.5) is 0 Å². The molecule has 3 rings (SSSR count). The fraction of sp³-hybridized carbons (Fsp3) is 0.250. The number of halogens is 1. The quantitative estimate of drug-likeness (QED) is 0.528. The molecule has 140 valence electrons. The molecule has 0 saturated carbocycles. The molecule has 0 unspecified atom stereocenters. The van der Waals surface area contributed by atoms with Gasteiger partial charge in [0.25, 0.3) is 0 Å². The van der Waals surface area contributed by atoms with Crippen LogP contribution in [0.25, 0.3) is 5.69 Å². The lowest BCUT2D eigenvalue weighted by molar-refractivity contribution is -0.127. The first-order valence-corrected chi connectivity index (χ1v) is 10.3. The maximum atomic E-state index is 12.5. The van der Waals surface area contributed by atoms with E-state index >= 15 is 0 Å². The fourth-order valence-electron chi connectivity index (χ4n) is 2.75. The molecule has 0 aliphatic carbocycles. The molecule has 0 aliphatic heterocycles. The Morgan fingerprint density at radius 2 is 1.93 bits per heavy atom. The van der Waals surface area contributed by atoms with Gasteiger partial charge in [-0.3, -0.25) is 9.36 Å². The number of hydrogen-bond acceptors (Lipinski definition) is 4. The zero-order valence-corrected chi connectivity index (χ0v) is 17.9. The van der Waals surface area contributed by atoms with Crippen LogP contribution >= 0.6 is 27.7 Å². The first-order valence-electron chi connectivity index (χ1n) is 8.53. The van der Waals surface area contributed by atoms with Crippen LogP contribution in [0.1, 0.15) is 16.7 Å². The van der Waals surface area contributed by atoms with Crippen LogP contribution in [0, 0.1) is 13.8 Å². The van der Waals surface area contributed by atoms with Gasteiger partial charge in [0.15, 0.2) is 5.16 Å². The van der Waals surface area contributed by atoms with Gasteiger partial charge in [-0.25, -0.2) is 0 Å². The number of carbonyl (C=O) groups excluding carboxylic acids is 1. The Kier molecular flexibility index (Phi) is 6.34. The summed E-state index contributed by atoms with van der Waals surface area (Å²) >= 11 is 4.82. The average molecular weight is 445 g/mol. The monoisotopic (exact) mass is 444 g/mol. The molecule has 0 aliphatic rings. The largest absolute Gasteiger partial charge is 0.341 e. The highest BCUT2D eigenvalue weighted by molar-refractivity contribution is 9.10. The van der Waals surface area contributed by atoms with Gasteiger partial charge in [0.2, 0.25) is 5.91 Å². The summed E-state index contributed by atoms with van der Waals surface area (Å²) in [5, 5.41) is 8.92. The molecule has 0 spiro atoms. The Hall–Kier alpha value is -2.12. The summed E-state index contributed by atoms with van der Waals surface area (Å²) in [6, 6.07) is 14.2. The zero-order valence-electron chi connectivity index (χ0n) is 15.5. The highest BCUT2D eigenvalue weighted by Gasteiger charge is 2.14. The molecular formula is C20H21BrN4OS. The van der Waals surface area contributed by atoms with E-state index in [1.807, 2.05) is 35.9 Å². The minimum absolute atomic E-state index is 0.0538. The number of thioether (sulfide) groups is 1. The smallest absolute Gasteiger partial charge is 0.233 e. The molecule has 0 saturated heterocycles. The van der Waals surface area contributed by atoms with Gasteiger partial charge in [-0.1, -0.05) is 57.5 Å². The Morgan fingerprint density at radius 1 is 1.19 bits per heavy atom. The predicted octanol–water partition coefficient (Wildman–Crippen LogP) is 4.40. The Labute approximate surface area is 171 Å². The number of aromatic nitrogens is 3. The molecule has 1 amide bonds. The minimum Gasteiger partial charge on any atom is -0.341 e. The molecule has 27 heavy (non-hydrogen) atoms. The molecule has 1 heterocycles. The highest BCUT2D eigenvalue weighted by Crippen LogP contribution is 2.23. The van der Waals surface area contributed by atoms with Crippen LogP contribution in [0.15, 0.2) is 58.4 Å². The van der Waals surface area contributed by atoms with E-state index in [1.165, 1.54) is 17.3 Å². The van der Waals surface area contributed by atoms with Crippen LogP contribution in [0.3, 0.4) is 0 Å². The minimum atomic E-state index is 0.0538. The number of nitrogens with zero attached hydrogens (tertiary/aromatic N) is 4. The second-order valence-corrected chi connectivity index (χ2v) is 8.30. The van der Waals surface area contributed by atoms with Crippen LogP contribution < -0.4 is 0 Å². The maximum Gasteiger partial charge on any atom is 0.233 e. The van der Waals surface area contributed by atoms with Gasteiger partial charge in [-0.2, -0.15) is 0 Å². The summed E-state index contributed by atoms with van der Waals surface area (Å²) in [4.78, 5) is 14.2. The lowest BCUT2D eigenvalue weighted by Gasteiger charge is -2.17. The molecule has 0 fully saturated rings.